The molecule has 3 aromatic carbocycles. The summed E-state index contributed by atoms with van der Waals surface area (Å²) in [5.74, 6) is -0.286. The first-order chi connectivity index (χ1) is 14.2. The molecule has 0 heterocycles. The van der Waals surface area contributed by atoms with E-state index in [9.17, 15) is 17.6 Å². The quantitative estimate of drug-likeness (QED) is 0.605. The predicted molar refractivity (Wildman–Crippen MR) is 114 cm³/mol. The Bertz CT molecular complexity index is 1190. The van der Waals surface area contributed by atoms with E-state index in [0.717, 1.165) is 0 Å². The lowest BCUT2D eigenvalue weighted by atomic mass is 10.1. The summed E-state index contributed by atoms with van der Waals surface area (Å²) in [6.45, 7) is 3.38. The molecule has 0 atom stereocenters. The summed E-state index contributed by atoms with van der Waals surface area (Å²) < 4.78 is 46.4. The standard InChI is InChI=1S/C22H21FN2O4S/c1-14-4-10-19(30(27,28)25-17-6-8-18(29-3)9-7-17)13-20(14)22(26)24-21-11-5-16(23)12-15(21)2/h4-13,25H,1-3H3,(H,24,26). The van der Waals surface area contributed by atoms with Gasteiger partial charge in [-0.1, -0.05) is 6.07 Å². The summed E-state index contributed by atoms with van der Waals surface area (Å²) in [7, 11) is -2.39. The Morgan fingerprint density at radius 1 is 0.933 bits per heavy atom. The minimum atomic E-state index is -3.91. The summed E-state index contributed by atoms with van der Waals surface area (Å²) in [4.78, 5) is 12.7. The molecule has 1 amide bonds. The molecule has 0 saturated carbocycles. The first kappa shape index (κ1) is 21.3. The number of anilines is 2. The normalized spacial score (nSPS) is 11.1. The molecule has 0 aliphatic heterocycles. The van der Waals surface area contributed by atoms with E-state index in [0.29, 0.717) is 28.3 Å². The van der Waals surface area contributed by atoms with E-state index < -0.39 is 21.7 Å². The molecule has 0 aromatic heterocycles. The number of halogens is 1. The van der Waals surface area contributed by atoms with Crippen LogP contribution in [-0.4, -0.2) is 21.4 Å². The molecule has 2 N–H and O–H groups in total. The van der Waals surface area contributed by atoms with Crippen LogP contribution in [0.15, 0.2) is 65.6 Å². The van der Waals surface area contributed by atoms with Crippen molar-refractivity contribution in [3.63, 3.8) is 0 Å². The van der Waals surface area contributed by atoms with Crippen molar-refractivity contribution in [1.29, 1.82) is 0 Å². The number of carbonyl (C=O) groups is 1. The minimum absolute atomic E-state index is 0.0510. The molecule has 0 bridgehead atoms. The second-order valence-electron chi connectivity index (χ2n) is 6.72. The highest BCUT2D eigenvalue weighted by atomic mass is 32.2. The molecule has 0 aliphatic carbocycles. The number of benzene rings is 3. The summed E-state index contributed by atoms with van der Waals surface area (Å²) >= 11 is 0. The fourth-order valence-electron chi connectivity index (χ4n) is 2.84. The van der Waals surface area contributed by atoms with Gasteiger partial charge in [0.15, 0.2) is 0 Å². The maximum absolute atomic E-state index is 13.3. The highest BCUT2D eigenvalue weighted by Gasteiger charge is 2.19. The average Bonchev–Trinajstić information content (AvgIpc) is 2.70. The second-order valence-corrected chi connectivity index (χ2v) is 8.41. The maximum Gasteiger partial charge on any atom is 0.261 e. The number of ether oxygens (including phenoxy) is 1. The molecule has 3 aromatic rings. The zero-order valence-electron chi connectivity index (χ0n) is 16.7. The summed E-state index contributed by atoms with van der Waals surface area (Å²) in [6.07, 6.45) is 0. The van der Waals surface area contributed by atoms with Crippen molar-refractivity contribution in [2.45, 2.75) is 18.7 Å². The first-order valence-electron chi connectivity index (χ1n) is 9.04. The smallest absolute Gasteiger partial charge is 0.261 e. The number of aryl methyl sites for hydroxylation is 2. The Balaban J connectivity index is 1.86. The van der Waals surface area contributed by atoms with E-state index in [1.807, 2.05) is 0 Å². The third-order valence-corrected chi connectivity index (χ3v) is 5.92. The third-order valence-electron chi connectivity index (χ3n) is 4.54. The molecule has 8 heteroatoms. The van der Waals surface area contributed by atoms with Crippen molar-refractivity contribution in [1.82, 2.24) is 0 Å². The van der Waals surface area contributed by atoms with Crippen LogP contribution in [0.2, 0.25) is 0 Å². The van der Waals surface area contributed by atoms with Gasteiger partial charge in [0.25, 0.3) is 15.9 Å². The molecule has 30 heavy (non-hydrogen) atoms. The second kappa shape index (κ2) is 8.54. The summed E-state index contributed by atoms with van der Waals surface area (Å²) in [5.41, 5.74) is 2.19. The van der Waals surface area contributed by atoms with E-state index in [1.165, 1.54) is 37.4 Å². The molecule has 156 valence electrons. The highest BCUT2D eigenvalue weighted by molar-refractivity contribution is 7.92. The SMILES string of the molecule is COc1ccc(NS(=O)(=O)c2ccc(C)c(C(=O)Nc3ccc(F)cc3C)c2)cc1. The van der Waals surface area contributed by atoms with Crippen LogP contribution in [0.25, 0.3) is 0 Å². The minimum Gasteiger partial charge on any atom is -0.497 e. The van der Waals surface area contributed by atoms with Crippen LogP contribution in [0.1, 0.15) is 21.5 Å². The van der Waals surface area contributed by atoms with Crippen LogP contribution in [0, 0.1) is 19.7 Å². The van der Waals surface area contributed by atoms with Crippen molar-refractivity contribution >= 4 is 27.3 Å². The Morgan fingerprint density at radius 3 is 2.27 bits per heavy atom. The number of hydrogen-bond donors (Lipinski definition) is 2. The Labute approximate surface area is 174 Å². The number of rotatable bonds is 6. The fourth-order valence-corrected chi connectivity index (χ4v) is 3.93. The van der Waals surface area contributed by atoms with E-state index in [-0.39, 0.29) is 10.5 Å². The van der Waals surface area contributed by atoms with Crippen molar-refractivity contribution in [3.05, 3.63) is 83.2 Å². The van der Waals surface area contributed by atoms with Gasteiger partial charge in [0.05, 0.1) is 12.0 Å². The maximum atomic E-state index is 13.3. The average molecular weight is 428 g/mol. The van der Waals surface area contributed by atoms with Gasteiger partial charge in [0, 0.05) is 16.9 Å². The number of methoxy groups -OCH3 is 1. The van der Waals surface area contributed by atoms with E-state index in [4.69, 9.17) is 4.74 Å². The molecule has 0 saturated heterocycles. The Kier molecular flexibility index (Phi) is 6.07. The van der Waals surface area contributed by atoms with Crippen molar-refractivity contribution in [2.75, 3.05) is 17.1 Å². The largest absolute Gasteiger partial charge is 0.497 e. The van der Waals surface area contributed by atoms with Crippen LogP contribution < -0.4 is 14.8 Å². The van der Waals surface area contributed by atoms with Crippen molar-refractivity contribution in [3.8, 4) is 5.75 Å². The number of nitrogens with one attached hydrogen (secondary N) is 2. The topological polar surface area (TPSA) is 84.5 Å². The number of hydrogen-bond acceptors (Lipinski definition) is 4. The predicted octanol–water partition coefficient (Wildman–Crippen LogP) is 4.50. The molecule has 0 fully saturated rings. The van der Waals surface area contributed by atoms with Crippen molar-refractivity contribution < 1.29 is 22.3 Å². The molecule has 0 aliphatic rings. The van der Waals surface area contributed by atoms with Crippen LogP contribution in [0.4, 0.5) is 15.8 Å². The number of carbonyl (C=O) groups excluding carboxylic acids is 1. The lowest BCUT2D eigenvalue weighted by Crippen LogP contribution is -2.17. The van der Waals surface area contributed by atoms with E-state index >= 15 is 0 Å². The molecular weight excluding hydrogens is 407 g/mol. The zero-order valence-corrected chi connectivity index (χ0v) is 17.5. The third kappa shape index (κ3) is 4.77. The van der Waals surface area contributed by atoms with E-state index in [1.54, 1.807) is 44.2 Å². The van der Waals surface area contributed by atoms with Gasteiger partial charge in [-0.2, -0.15) is 0 Å². The van der Waals surface area contributed by atoms with E-state index in [2.05, 4.69) is 10.0 Å². The van der Waals surface area contributed by atoms with Crippen molar-refractivity contribution in [2.24, 2.45) is 0 Å². The van der Waals surface area contributed by atoms with Gasteiger partial charge < -0.3 is 10.1 Å². The van der Waals surface area contributed by atoms with Gasteiger partial charge >= 0.3 is 0 Å². The lowest BCUT2D eigenvalue weighted by Gasteiger charge is -2.13. The van der Waals surface area contributed by atoms with Gasteiger partial charge in [0.2, 0.25) is 0 Å². The molecule has 6 nitrogen and oxygen atoms in total. The zero-order chi connectivity index (χ0) is 21.9. The molecule has 3 rings (SSSR count). The number of sulfonamides is 1. The number of amides is 1. The van der Waals surface area contributed by atoms with Crippen LogP contribution in [0.5, 0.6) is 5.75 Å². The Morgan fingerprint density at radius 2 is 1.63 bits per heavy atom. The molecule has 0 spiro atoms. The fraction of sp³-hybridized carbons (Fsp3) is 0.136. The van der Waals surface area contributed by atoms with Crippen LogP contribution in [0.3, 0.4) is 0 Å². The molecule has 0 unspecified atom stereocenters. The molecular formula is C22H21FN2O4S. The monoisotopic (exact) mass is 428 g/mol. The summed E-state index contributed by atoms with van der Waals surface area (Å²) in [5, 5.41) is 2.70. The summed E-state index contributed by atoms with van der Waals surface area (Å²) in [6, 6.07) is 14.8. The Hall–Kier alpha value is -3.39. The van der Waals surface area contributed by atoms with Crippen LogP contribution in [-0.2, 0) is 10.0 Å². The van der Waals surface area contributed by atoms with Gasteiger partial charge in [-0.15, -0.1) is 0 Å². The van der Waals surface area contributed by atoms with Gasteiger partial charge in [-0.25, -0.2) is 12.8 Å². The lowest BCUT2D eigenvalue weighted by molar-refractivity contribution is 0.102. The van der Waals surface area contributed by atoms with Gasteiger partial charge in [0.1, 0.15) is 11.6 Å². The highest BCUT2D eigenvalue weighted by Crippen LogP contribution is 2.23. The molecule has 0 radical (unpaired) electrons. The van der Waals surface area contributed by atoms with Gasteiger partial charge in [-0.05, 0) is 79.6 Å². The van der Waals surface area contributed by atoms with Gasteiger partial charge in [-0.3, -0.25) is 9.52 Å². The first-order valence-corrected chi connectivity index (χ1v) is 10.5. The van der Waals surface area contributed by atoms with Crippen LogP contribution >= 0.6 is 0 Å².